The molecule has 0 spiro atoms. The van der Waals surface area contributed by atoms with Gasteiger partial charge in [-0.2, -0.15) is 4.31 Å². The SMILES string of the molecule is C=CCN(CCO)S(=O)(=O)c1ccc(CN)cc1Br. The normalized spacial score (nSPS) is 11.8. The number of halogens is 1. The second-order valence-corrected chi connectivity index (χ2v) is 6.60. The van der Waals surface area contributed by atoms with E-state index in [-0.39, 0.29) is 24.6 Å². The number of aliphatic hydroxyl groups excluding tert-OH is 1. The average Bonchev–Trinajstić information content (AvgIpc) is 2.38. The van der Waals surface area contributed by atoms with Crippen molar-refractivity contribution in [3.63, 3.8) is 0 Å². The molecule has 0 saturated carbocycles. The van der Waals surface area contributed by atoms with Crippen LogP contribution in [0, 0.1) is 0 Å². The van der Waals surface area contributed by atoms with E-state index in [1.165, 1.54) is 16.4 Å². The van der Waals surface area contributed by atoms with Crippen molar-refractivity contribution >= 4 is 26.0 Å². The summed E-state index contributed by atoms with van der Waals surface area (Å²) in [5.41, 5.74) is 6.34. The van der Waals surface area contributed by atoms with Crippen LogP contribution in [0.2, 0.25) is 0 Å². The molecule has 0 fully saturated rings. The molecule has 3 N–H and O–H groups in total. The molecule has 0 atom stereocenters. The molecule has 0 aliphatic carbocycles. The van der Waals surface area contributed by atoms with Crippen LogP contribution in [0.25, 0.3) is 0 Å². The maximum atomic E-state index is 12.4. The molecule has 5 nitrogen and oxygen atoms in total. The predicted molar refractivity (Wildman–Crippen MR) is 78.1 cm³/mol. The highest BCUT2D eigenvalue weighted by atomic mass is 79.9. The summed E-state index contributed by atoms with van der Waals surface area (Å²) in [4.78, 5) is 0.153. The van der Waals surface area contributed by atoms with Crippen molar-refractivity contribution in [2.45, 2.75) is 11.4 Å². The van der Waals surface area contributed by atoms with Crippen molar-refractivity contribution in [2.24, 2.45) is 5.73 Å². The third-order valence-corrected chi connectivity index (χ3v) is 5.37. The molecular weight excluding hydrogens is 332 g/mol. The van der Waals surface area contributed by atoms with Crippen LogP contribution < -0.4 is 5.73 Å². The van der Waals surface area contributed by atoms with E-state index in [9.17, 15) is 8.42 Å². The molecule has 0 aliphatic rings. The van der Waals surface area contributed by atoms with Gasteiger partial charge in [-0.25, -0.2) is 8.42 Å². The molecule has 0 saturated heterocycles. The fraction of sp³-hybridized carbons (Fsp3) is 0.333. The zero-order valence-electron chi connectivity index (χ0n) is 10.4. The molecule has 1 aromatic rings. The first-order valence-electron chi connectivity index (χ1n) is 5.67. The number of nitrogens with zero attached hydrogens (tertiary/aromatic N) is 1. The van der Waals surface area contributed by atoms with Crippen LogP contribution in [-0.2, 0) is 16.6 Å². The Morgan fingerprint density at radius 2 is 2.16 bits per heavy atom. The van der Waals surface area contributed by atoms with E-state index < -0.39 is 10.0 Å². The zero-order chi connectivity index (χ0) is 14.5. The molecule has 0 aliphatic heterocycles. The van der Waals surface area contributed by atoms with Crippen molar-refractivity contribution in [3.8, 4) is 0 Å². The molecule has 0 aromatic heterocycles. The topological polar surface area (TPSA) is 83.6 Å². The minimum Gasteiger partial charge on any atom is -0.395 e. The number of hydrogen-bond acceptors (Lipinski definition) is 4. The molecule has 0 radical (unpaired) electrons. The lowest BCUT2D eigenvalue weighted by Crippen LogP contribution is -2.34. The summed E-state index contributed by atoms with van der Waals surface area (Å²) < 4.78 is 26.5. The predicted octanol–water partition coefficient (Wildman–Crippen LogP) is 1.08. The van der Waals surface area contributed by atoms with Gasteiger partial charge < -0.3 is 10.8 Å². The lowest BCUT2D eigenvalue weighted by atomic mass is 10.2. The number of aliphatic hydroxyl groups is 1. The van der Waals surface area contributed by atoms with Crippen LogP contribution in [0.15, 0.2) is 40.2 Å². The fourth-order valence-electron chi connectivity index (χ4n) is 1.58. The van der Waals surface area contributed by atoms with Gasteiger partial charge in [0.05, 0.1) is 11.5 Å². The van der Waals surface area contributed by atoms with E-state index in [1.54, 1.807) is 12.1 Å². The summed E-state index contributed by atoms with van der Waals surface area (Å²) in [5, 5.41) is 8.96. The van der Waals surface area contributed by atoms with Crippen molar-refractivity contribution in [1.29, 1.82) is 0 Å². The molecule has 0 amide bonds. The highest BCUT2D eigenvalue weighted by molar-refractivity contribution is 9.10. The minimum absolute atomic E-state index is 0.0272. The van der Waals surface area contributed by atoms with Gasteiger partial charge in [-0.3, -0.25) is 0 Å². The van der Waals surface area contributed by atoms with Crippen LogP contribution >= 0.6 is 15.9 Å². The quantitative estimate of drug-likeness (QED) is 0.722. The van der Waals surface area contributed by atoms with E-state index in [1.807, 2.05) is 0 Å². The van der Waals surface area contributed by atoms with Gasteiger partial charge in [-0.05, 0) is 33.6 Å². The fourth-order valence-corrected chi connectivity index (χ4v) is 4.07. The third-order valence-electron chi connectivity index (χ3n) is 2.53. The van der Waals surface area contributed by atoms with E-state index in [0.717, 1.165) is 5.56 Å². The lowest BCUT2D eigenvalue weighted by molar-refractivity contribution is 0.260. The molecule has 19 heavy (non-hydrogen) atoms. The molecular formula is C12H17BrN2O3S. The van der Waals surface area contributed by atoms with Gasteiger partial charge in [-0.15, -0.1) is 6.58 Å². The standard InChI is InChI=1S/C12H17BrN2O3S/c1-2-5-15(6-7-16)19(17,18)12-4-3-10(9-14)8-11(12)13/h2-4,8,16H,1,5-7,9,14H2. The molecule has 1 aromatic carbocycles. The Bertz CT molecular complexity index is 546. The van der Waals surface area contributed by atoms with Crippen LogP contribution in [0.1, 0.15) is 5.56 Å². The summed E-state index contributed by atoms with van der Waals surface area (Å²) in [6, 6.07) is 4.86. The second-order valence-electron chi connectivity index (χ2n) is 3.84. The van der Waals surface area contributed by atoms with E-state index >= 15 is 0 Å². The first-order valence-corrected chi connectivity index (χ1v) is 7.91. The average molecular weight is 349 g/mol. The number of hydrogen-bond donors (Lipinski definition) is 2. The maximum Gasteiger partial charge on any atom is 0.244 e. The summed E-state index contributed by atoms with van der Waals surface area (Å²) in [7, 11) is -3.67. The lowest BCUT2D eigenvalue weighted by Gasteiger charge is -2.20. The second kappa shape index (κ2) is 7.16. The van der Waals surface area contributed by atoms with Crippen LogP contribution in [-0.4, -0.2) is 37.5 Å². The Labute approximate surface area is 121 Å². The molecule has 7 heteroatoms. The van der Waals surface area contributed by atoms with Crippen LogP contribution in [0.4, 0.5) is 0 Å². The highest BCUT2D eigenvalue weighted by Crippen LogP contribution is 2.26. The van der Waals surface area contributed by atoms with Crippen LogP contribution in [0.3, 0.4) is 0 Å². The Morgan fingerprint density at radius 3 is 2.63 bits per heavy atom. The van der Waals surface area contributed by atoms with Gasteiger partial charge >= 0.3 is 0 Å². The summed E-state index contributed by atoms with van der Waals surface area (Å²) in [6.07, 6.45) is 1.48. The van der Waals surface area contributed by atoms with Gasteiger partial charge in [0.1, 0.15) is 0 Å². The number of sulfonamides is 1. The van der Waals surface area contributed by atoms with Crippen molar-refractivity contribution in [2.75, 3.05) is 19.7 Å². The molecule has 0 bridgehead atoms. The Kier molecular flexibility index (Phi) is 6.15. The maximum absolute atomic E-state index is 12.4. The van der Waals surface area contributed by atoms with E-state index in [4.69, 9.17) is 10.8 Å². The smallest absolute Gasteiger partial charge is 0.244 e. The first-order chi connectivity index (χ1) is 8.97. The molecule has 1 rings (SSSR count). The van der Waals surface area contributed by atoms with Gasteiger partial charge in [0.2, 0.25) is 10.0 Å². The summed E-state index contributed by atoms with van der Waals surface area (Å²) in [6.45, 7) is 3.79. The summed E-state index contributed by atoms with van der Waals surface area (Å²) in [5.74, 6) is 0. The minimum atomic E-state index is -3.67. The third kappa shape index (κ3) is 3.87. The monoisotopic (exact) mass is 348 g/mol. The van der Waals surface area contributed by atoms with E-state index in [0.29, 0.717) is 11.0 Å². The Morgan fingerprint density at radius 1 is 1.47 bits per heavy atom. The number of rotatable bonds is 7. The molecule has 0 heterocycles. The Hall–Kier alpha value is -0.730. The van der Waals surface area contributed by atoms with Gasteiger partial charge in [-0.1, -0.05) is 12.1 Å². The summed E-state index contributed by atoms with van der Waals surface area (Å²) >= 11 is 3.24. The number of nitrogens with two attached hydrogens (primary N) is 1. The molecule has 106 valence electrons. The van der Waals surface area contributed by atoms with Gasteiger partial charge in [0, 0.05) is 24.1 Å². The Balaban J connectivity index is 3.20. The molecule has 0 unspecified atom stereocenters. The number of benzene rings is 1. The first kappa shape index (κ1) is 16.3. The zero-order valence-corrected chi connectivity index (χ0v) is 12.8. The largest absolute Gasteiger partial charge is 0.395 e. The van der Waals surface area contributed by atoms with Gasteiger partial charge in [0.15, 0.2) is 0 Å². The van der Waals surface area contributed by atoms with Gasteiger partial charge in [0.25, 0.3) is 0 Å². The van der Waals surface area contributed by atoms with Crippen LogP contribution in [0.5, 0.6) is 0 Å². The van der Waals surface area contributed by atoms with Crippen molar-refractivity contribution < 1.29 is 13.5 Å². The highest BCUT2D eigenvalue weighted by Gasteiger charge is 2.25. The van der Waals surface area contributed by atoms with Crippen molar-refractivity contribution in [1.82, 2.24) is 4.31 Å². The van der Waals surface area contributed by atoms with E-state index in [2.05, 4.69) is 22.5 Å². The van der Waals surface area contributed by atoms with Crippen molar-refractivity contribution in [3.05, 3.63) is 40.9 Å².